The average Bonchev–Trinajstić information content (AvgIpc) is 2.78. The molecule has 0 atom stereocenters. The molecule has 0 aliphatic rings. The highest BCUT2D eigenvalue weighted by Gasteiger charge is 2.15. The Morgan fingerprint density at radius 3 is 2.44 bits per heavy atom. The van der Waals surface area contributed by atoms with Crippen molar-refractivity contribution in [3.63, 3.8) is 0 Å². The summed E-state index contributed by atoms with van der Waals surface area (Å²) in [7, 11) is 0. The standard InChI is InChI=1S/C22H25BrN6O3/c1-3-11-28(12-4-2)18-7-5-17(6-8-18)25-10-9-21(30)26-27-22-16(15-24)13-19(29(31)32)14-20(22)23/h5-8,13-14,25H,3-4,9-12H2,1-2H3. The van der Waals surface area contributed by atoms with Crippen LogP contribution in [0.1, 0.15) is 38.7 Å². The van der Waals surface area contributed by atoms with Gasteiger partial charge in [-0.2, -0.15) is 5.26 Å². The number of halogens is 1. The molecule has 1 N–H and O–H groups in total. The number of amides is 1. The van der Waals surface area contributed by atoms with Gasteiger partial charge in [0.2, 0.25) is 0 Å². The van der Waals surface area contributed by atoms with Gasteiger partial charge in [0.25, 0.3) is 11.6 Å². The van der Waals surface area contributed by atoms with Crippen LogP contribution in [0.2, 0.25) is 0 Å². The van der Waals surface area contributed by atoms with Crippen LogP contribution in [-0.4, -0.2) is 30.5 Å². The lowest BCUT2D eigenvalue weighted by Gasteiger charge is -2.24. The highest BCUT2D eigenvalue weighted by molar-refractivity contribution is 9.10. The number of hydrogen-bond acceptors (Lipinski definition) is 7. The predicted molar refractivity (Wildman–Crippen MR) is 127 cm³/mol. The maximum absolute atomic E-state index is 12.1. The van der Waals surface area contributed by atoms with Gasteiger partial charge in [-0.25, -0.2) is 0 Å². The summed E-state index contributed by atoms with van der Waals surface area (Å²) in [5.41, 5.74) is 1.86. The number of carbonyl (C=O) groups is 1. The molecule has 0 saturated carbocycles. The second-order valence-corrected chi connectivity index (χ2v) is 7.85. The first-order valence-corrected chi connectivity index (χ1v) is 11.1. The van der Waals surface area contributed by atoms with E-state index in [9.17, 15) is 20.2 Å². The molecule has 32 heavy (non-hydrogen) atoms. The number of hydrogen-bond donors (Lipinski definition) is 1. The van der Waals surface area contributed by atoms with Crippen molar-refractivity contribution in [1.29, 1.82) is 5.26 Å². The molecule has 10 heteroatoms. The summed E-state index contributed by atoms with van der Waals surface area (Å²) in [5, 5.41) is 30.7. The van der Waals surface area contributed by atoms with E-state index in [0.717, 1.165) is 37.7 Å². The number of nitro groups is 1. The third-order valence-electron chi connectivity index (χ3n) is 4.53. The monoisotopic (exact) mass is 500 g/mol. The maximum atomic E-state index is 12.1. The van der Waals surface area contributed by atoms with Gasteiger partial charge >= 0.3 is 0 Å². The minimum Gasteiger partial charge on any atom is -0.385 e. The smallest absolute Gasteiger partial charge is 0.272 e. The Kier molecular flexibility index (Phi) is 9.76. The molecule has 2 aromatic carbocycles. The van der Waals surface area contributed by atoms with E-state index in [1.54, 1.807) is 0 Å². The highest BCUT2D eigenvalue weighted by Crippen LogP contribution is 2.33. The minimum absolute atomic E-state index is 0.0407. The minimum atomic E-state index is -0.610. The van der Waals surface area contributed by atoms with E-state index in [4.69, 9.17) is 0 Å². The van der Waals surface area contributed by atoms with E-state index in [2.05, 4.69) is 62.4 Å². The van der Waals surface area contributed by atoms with Crippen molar-refractivity contribution in [2.24, 2.45) is 10.2 Å². The van der Waals surface area contributed by atoms with E-state index < -0.39 is 10.8 Å². The Morgan fingerprint density at radius 2 is 1.88 bits per heavy atom. The summed E-state index contributed by atoms with van der Waals surface area (Å²) in [6, 6.07) is 12.2. The van der Waals surface area contributed by atoms with Crippen LogP contribution in [0.4, 0.5) is 22.7 Å². The number of nitrogens with zero attached hydrogens (tertiary/aromatic N) is 5. The molecular formula is C22H25BrN6O3. The van der Waals surface area contributed by atoms with Gasteiger partial charge in [0, 0.05) is 49.6 Å². The molecule has 1 amide bonds. The van der Waals surface area contributed by atoms with Crippen molar-refractivity contribution in [1.82, 2.24) is 0 Å². The average molecular weight is 501 g/mol. The molecule has 0 radical (unpaired) electrons. The zero-order chi connectivity index (χ0) is 23.5. The molecule has 0 heterocycles. The van der Waals surface area contributed by atoms with Crippen LogP contribution in [0.3, 0.4) is 0 Å². The maximum Gasteiger partial charge on any atom is 0.272 e. The zero-order valence-electron chi connectivity index (χ0n) is 18.0. The lowest BCUT2D eigenvalue weighted by molar-refractivity contribution is -0.384. The van der Waals surface area contributed by atoms with E-state index >= 15 is 0 Å². The lowest BCUT2D eigenvalue weighted by Crippen LogP contribution is -2.24. The fraction of sp³-hybridized carbons (Fsp3) is 0.364. The van der Waals surface area contributed by atoms with Gasteiger partial charge < -0.3 is 10.2 Å². The van der Waals surface area contributed by atoms with Crippen molar-refractivity contribution in [3.05, 3.63) is 56.5 Å². The molecule has 0 aromatic heterocycles. The van der Waals surface area contributed by atoms with E-state index in [0.29, 0.717) is 6.54 Å². The summed E-state index contributed by atoms with van der Waals surface area (Å²) in [6.07, 6.45) is 2.28. The number of azo groups is 1. The van der Waals surface area contributed by atoms with Gasteiger partial charge in [0.15, 0.2) is 0 Å². The van der Waals surface area contributed by atoms with Gasteiger partial charge in [-0.1, -0.05) is 13.8 Å². The fourth-order valence-electron chi connectivity index (χ4n) is 3.05. The van der Waals surface area contributed by atoms with E-state index in [1.165, 1.54) is 11.8 Å². The number of benzene rings is 2. The first kappa shape index (κ1) is 24.9. The molecule has 0 fully saturated rings. The number of nitro benzene ring substituents is 1. The summed E-state index contributed by atoms with van der Waals surface area (Å²) >= 11 is 3.14. The van der Waals surface area contributed by atoms with Crippen LogP contribution >= 0.6 is 15.9 Å². The Hall–Kier alpha value is -3.32. The normalized spacial score (nSPS) is 10.7. The summed E-state index contributed by atoms with van der Waals surface area (Å²) in [5.74, 6) is -0.472. The van der Waals surface area contributed by atoms with Crippen LogP contribution in [-0.2, 0) is 4.79 Å². The molecule has 0 spiro atoms. The van der Waals surface area contributed by atoms with Crippen molar-refractivity contribution in [3.8, 4) is 6.07 Å². The molecule has 2 rings (SSSR count). The Morgan fingerprint density at radius 1 is 1.22 bits per heavy atom. The first-order valence-electron chi connectivity index (χ1n) is 10.3. The second-order valence-electron chi connectivity index (χ2n) is 7.00. The van der Waals surface area contributed by atoms with Crippen molar-refractivity contribution >= 4 is 44.6 Å². The molecule has 168 valence electrons. The van der Waals surface area contributed by atoms with Crippen LogP contribution < -0.4 is 10.2 Å². The van der Waals surface area contributed by atoms with Crippen LogP contribution in [0, 0.1) is 21.4 Å². The Balaban J connectivity index is 1.93. The third-order valence-corrected chi connectivity index (χ3v) is 5.13. The van der Waals surface area contributed by atoms with Gasteiger partial charge in [-0.05, 0) is 53.0 Å². The first-order chi connectivity index (χ1) is 15.4. The van der Waals surface area contributed by atoms with Crippen molar-refractivity contribution < 1.29 is 9.72 Å². The summed E-state index contributed by atoms with van der Waals surface area (Å²) < 4.78 is 0.221. The molecule has 0 aliphatic carbocycles. The number of nitriles is 1. The number of carbonyl (C=O) groups excluding carboxylic acids is 1. The quantitative estimate of drug-likeness (QED) is 0.230. The highest BCUT2D eigenvalue weighted by atomic mass is 79.9. The van der Waals surface area contributed by atoms with E-state index in [1.807, 2.05) is 18.2 Å². The molecule has 0 saturated heterocycles. The molecule has 0 aliphatic heterocycles. The molecular weight excluding hydrogens is 476 g/mol. The van der Waals surface area contributed by atoms with E-state index in [-0.39, 0.29) is 27.8 Å². The van der Waals surface area contributed by atoms with Gasteiger partial charge in [0.1, 0.15) is 11.8 Å². The van der Waals surface area contributed by atoms with Gasteiger partial charge in [-0.3, -0.25) is 14.9 Å². The predicted octanol–water partition coefficient (Wildman–Crippen LogP) is 5.97. The number of non-ortho nitro benzene ring substituents is 1. The van der Waals surface area contributed by atoms with Gasteiger partial charge in [0.05, 0.1) is 15.0 Å². The largest absolute Gasteiger partial charge is 0.385 e. The lowest BCUT2D eigenvalue weighted by atomic mass is 10.2. The van der Waals surface area contributed by atoms with Crippen molar-refractivity contribution in [2.75, 3.05) is 29.9 Å². The van der Waals surface area contributed by atoms with Crippen LogP contribution in [0.5, 0.6) is 0 Å². The van der Waals surface area contributed by atoms with Crippen LogP contribution in [0.25, 0.3) is 0 Å². The fourth-order valence-corrected chi connectivity index (χ4v) is 3.57. The molecule has 0 unspecified atom stereocenters. The number of rotatable bonds is 11. The number of nitrogens with one attached hydrogen (secondary N) is 1. The van der Waals surface area contributed by atoms with Crippen LogP contribution in [0.15, 0.2) is 51.1 Å². The molecule has 2 aromatic rings. The Labute approximate surface area is 195 Å². The van der Waals surface area contributed by atoms with Crippen molar-refractivity contribution in [2.45, 2.75) is 33.1 Å². The number of anilines is 2. The van der Waals surface area contributed by atoms with Gasteiger partial charge in [-0.15, -0.1) is 10.2 Å². The summed E-state index contributed by atoms with van der Waals surface area (Å²) in [6.45, 7) is 6.72. The molecule has 9 nitrogen and oxygen atoms in total. The Bertz CT molecular complexity index is 1010. The second kappa shape index (κ2) is 12.5. The SMILES string of the molecule is CCCN(CCC)c1ccc(NCCC(=O)N=Nc2c(Br)cc([N+](=O)[O-])cc2C#N)cc1. The summed E-state index contributed by atoms with van der Waals surface area (Å²) in [4.78, 5) is 24.7. The third kappa shape index (κ3) is 7.13. The zero-order valence-corrected chi connectivity index (χ0v) is 19.6. The molecule has 0 bridgehead atoms. The topological polar surface area (TPSA) is 124 Å².